The third-order valence-electron chi connectivity index (χ3n) is 3.44. The zero-order valence-corrected chi connectivity index (χ0v) is 10.8. The summed E-state index contributed by atoms with van der Waals surface area (Å²) < 4.78 is 6.44. The van der Waals surface area contributed by atoms with E-state index in [0.29, 0.717) is 5.92 Å². The molecule has 2 atom stereocenters. The Balaban J connectivity index is 2.40. The summed E-state index contributed by atoms with van der Waals surface area (Å²) in [5, 5.41) is 0. The van der Waals surface area contributed by atoms with Crippen LogP contribution in [0.5, 0.6) is 5.75 Å². The van der Waals surface area contributed by atoms with Crippen molar-refractivity contribution >= 4 is 15.9 Å². The molecule has 1 saturated carbocycles. The van der Waals surface area contributed by atoms with E-state index < -0.39 is 0 Å². The van der Waals surface area contributed by atoms with Gasteiger partial charge >= 0.3 is 0 Å². The Morgan fingerprint density at radius 1 is 1.40 bits per heavy atom. The predicted octanol–water partition coefficient (Wildman–Crippen LogP) is 2.91. The molecule has 1 aliphatic rings. The monoisotopic (exact) mass is 269 g/mol. The number of methoxy groups -OCH3 is 1. The molecule has 1 fully saturated rings. The number of rotatable bonds is 2. The third kappa shape index (κ3) is 1.68. The van der Waals surface area contributed by atoms with Crippen LogP contribution in [0.15, 0.2) is 22.7 Å². The van der Waals surface area contributed by atoms with Gasteiger partial charge in [-0.1, -0.05) is 29.8 Å². The van der Waals surface area contributed by atoms with E-state index in [1.807, 2.05) is 12.1 Å². The van der Waals surface area contributed by atoms with Gasteiger partial charge in [-0.2, -0.15) is 0 Å². The summed E-state index contributed by atoms with van der Waals surface area (Å²) in [5.41, 5.74) is 7.48. The Labute approximate surface area is 98.9 Å². The van der Waals surface area contributed by atoms with Crippen LogP contribution < -0.4 is 10.5 Å². The Morgan fingerprint density at radius 2 is 2.00 bits per heavy atom. The zero-order valence-electron chi connectivity index (χ0n) is 9.25. The lowest BCUT2D eigenvalue weighted by atomic mass is 10.0. The van der Waals surface area contributed by atoms with Gasteiger partial charge in [0.15, 0.2) is 0 Å². The van der Waals surface area contributed by atoms with Crippen molar-refractivity contribution in [1.29, 1.82) is 0 Å². The minimum atomic E-state index is 0.189. The highest BCUT2D eigenvalue weighted by molar-refractivity contribution is 9.10. The fraction of sp³-hybridized carbons (Fsp3) is 0.500. The molecular weight excluding hydrogens is 254 g/mol. The van der Waals surface area contributed by atoms with E-state index in [4.69, 9.17) is 10.5 Å². The van der Waals surface area contributed by atoms with Crippen molar-refractivity contribution in [2.75, 3.05) is 7.11 Å². The van der Waals surface area contributed by atoms with Crippen LogP contribution in [0.1, 0.15) is 25.3 Å². The second-order valence-electron chi connectivity index (χ2n) is 4.71. The van der Waals surface area contributed by atoms with E-state index in [0.717, 1.165) is 10.2 Å². The Bertz CT molecular complexity index is 389. The van der Waals surface area contributed by atoms with E-state index in [2.05, 4.69) is 35.8 Å². The fourth-order valence-corrected chi connectivity index (χ4v) is 2.60. The molecule has 2 N–H and O–H groups in total. The van der Waals surface area contributed by atoms with E-state index >= 15 is 0 Å². The highest BCUT2D eigenvalue weighted by Crippen LogP contribution is 2.59. The molecule has 0 heterocycles. The summed E-state index contributed by atoms with van der Waals surface area (Å²) in [6, 6.07) is 6.32. The van der Waals surface area contributed by atoms with Crippen molar-refractivity contribution in [3.05, 3.63) is 28.2 Å². The number of hydrogen-bond acceptors (Lipinski definition) is 2. The maximum Gasteiger partial charge on any atom is 0.122 e. The van der Waals surface area contributed by atoms with Gasteiger partial charge in [-0.3, -0.25) is 0 Å². The summed E-state index contributed by atoms with van der Waals surface area (Å²) in [4.78, 5) is 0. The first-order valence-electron chi connectivity index (χ1n) is 5.07. The maximum atomic E-state index is 6.08. The van der Waals surface area contributed by atoms with E-state index in [1.165, 1.54) is 5.56 Å². The molecule has 82 valence electrons. The number of hydrogen-bond donors (Lipinski definition) is 1. The van der Waals surface area contributed by atoms with E-state index in [-0.39, 0.29) is 11.5 Å². The van der Waals surface area contributed by atoms with Crippen LogP contribution in [-0.4, -0.2) is 13.2 Å². The largest absolute Gasteiger partial charge is 0.496 e. The fourth-order valence-electron chi connectivity index (χ4n) is 2.22. The van der Waals surface area contributed by atoms with Crippen molar-refractivity contribution in [2.45, 2.75) is 25.8 Å². The SMILES string of the molecule is COc1ccc(Br)cc1C1C(N)C1(C)C. The van der Waals surface area contributed by atoms with Crippen LogP contribution in [0.25, 0.3) is 0 Å². The lowest BCUT2D eigenvalue weighted by Crippen LogP contribution is -2.06. The third-order valence-corrected chi connectivity index (χ3v) is 3.93. The molecule has 0 aliphatic heterocycles. The summed E-state index contributed by atoms with van der Waals surface area (Å²) in [7, 11) is 1.70. The molecular formula is C12H16BrNO. The molecule has 1 aromatic rings. The van der Waals surface area contributed by atoms with Crippen LogP contribution >= 0.6 is 15.9 Å². The molecule has 2 nitrogen and oxygen atoms in total. The van der Waals surface area contributed by atoms with Crippen LogP contribution in [0, 0.1) is 5.41 Å². The van der Waals surface area contributed by atoms with Crippen LogP contribution in [0.2, 0.25) is 0 Å². The van der Waals surface area contributed by atoms with Crippen LogP contribution in [0.3, 0.4) is 0 Å². The van der Waals surface area contributed by atoms with Gasteiger partial charge < -0.3 is 10.5 Å². The van der Waals surface area contributed by atoms with E-state index in [9.17, 15) is 0 Å². The first-order chi connectivity index (χ1) is 6.98. The summed E-state index contributed by atoms with van der Waals surface area (Å²) in [5.74, 6) is 1.34. The Kier molecular flexibility index (Phi) is 2.55. The lowest BCUT2D eigenvalue weighted by molar-refractivity contribution is 0.407. The topological polar surface area (TPSA) is 35.2 Å². The minimum absolute atomic E-state index is 0.189. The van der Waals surface area contributed by atoms with Gasteiger partial charge in [0.25, 0.3) is 0 Å². The zero-order chi connectivity index (χ0) is 11.2. The van der Waals surface area contributed by atoms with Gasteiger partial charge in [0.05, 0.1) is 7.11 Å². The molecule has 0 bridgehead atoms. The molecule has 0 saturated heterocycles. The van der Waals surface area contributed by atoms with Gasteiger partial charge in [0, 0.05) is 22.0 Å². The molecule has 0 radical (unpaired) electrons. The molecule has 0 spiro atoms. The van der Waals surface area contributed by atoms with Crippen molar-refractivity contribution < 1.29 is 4.74 Å². The molecule has 3 heteroatoms. The maximum absolute atomic E-state index is 6.08. The van der Waals surface area contributed by atoms with Crippen molar-refractivity contribution in [3.63, 3.8) is 0 Å². The highest BCUT2D eigenvalue weighted by atomic mass is 79.9. The van der Waals surface area contributed by atoms with Gasteiger partial charge in [0.2, 0.25) is 0 Å². The highest BCUT2D eigenvalue weighted by Gasteiger charge is 2.57. The normalized spacial score (nSPS) is 27.5. The van der Waals surface area contributed by atoms with E-state index in [1.54, 1.807) is 7.11 Å². The summed E-state index contributed by atoms with van der Waals surface area (Å²) >= 11 is 3.48. The summed E-state index contributed by atoms with van der Waals surface area (Å²) in [6.07, 6.45) is 0. The molecule has 15 heavy (non-hydrogen) atoms. The smallest absolute Gasteiger partial charge is 0.122 e. The Hall–Kier alpha value is -0.540. The average Bonchev–Trinajstić information content (AvgIpc) is 2.66. The van der Waals surface area contributed by atoms with Crippen LogP contribution in [-0.2, 0) is 0 Å². The predicted molar refractivity (Wildman–Crippen MR) is 65.2 cm³/mol. The Morgan fingerprint density at radius 3 is 2.47 bits per heavy atom. The molecule has 0 amide bonds. The lowest BCUT2D eigenvalue weighted by Gasteiger charge is -2.09. The van der Waals surface area contributed by atoms with Gasteiger partial charge in [-0.15, -0.1) is 0 Å². The van der Waals surface area contributed by atoms with Crippen LogP contribution in [0.4, 0.5) is 0 Å². The summed E-state index contributed by atoms with van der Waals surface area (Å²) in [6.45, 7) is 4.39. The van der Waals surface area contributed by atoms with Gasteiger partial charge in [0.1, 0.15) is 5.75 Å². The minimum Gasteiger partial charge on any atom is -0.496 e. The second-order valence-corrected chi connectivity index (χ2v) is 5.63. The van der Waals surface area contributed by atoms with Crippen molar-refractivity contribution in [2.24, 2.45) is 11.1 Å². The molecule has 2 rings (SSSR count). The van der Waals surface area contributed by atoms with Crippen molar-refractivity contribution in [1.82, 2.24) is 0 Å². The number of halogens is 1. The van der Waals surface area contributed by atoms with Crippen molar-refractivity contribution in [3.8, 4) is 5.75 Å². The van der Waals surface area contributed by atoms with Gasteiger partial charge in [-0.25, -0.2) is 0 Å². The number of ether oxygens (including phenoxy) is 1. The first-order valence-corrected chi connectivity index (χ1v) is 5.87. The molecule has 0 aromatic heterocycles. The molecule has 1 aliphatic carbocycles. The molecule has 2 unspecified atom stereocenters. The average molecular weight is 270 g/mol. The second kappa shape index (κ2) is 3.49. The quantitative estimate of drug-likeness (QED) is 0.896. The first kappa shape index (κ1) is 11.0. The number of nitrogens with two attached hydrogens (primary N) is 1. The molecule has 1 aromatic carbocycles. The van der Waals surface area contributed by atoms with Gasteiger partial charge in [-0.05, 0) is 23.6 Å². The number of benzene rings is 1. The standard InChI is InChI=1S/C12H16BrNO/c1-12(2)10(11(12)14)8-6-7(13)4-5-9(8)15-3/h4-6,10-11H,14H2,1-3H3.